The van der Waals surface area contributed by atoms with Gasteiger partial charge in [-0.05, 0) is 25.7 Å². The first-order chi connectivity index (χ1) is 8.09. The molecule has 1 aliphatic rings. The number of nitrogens with one attached hydrogen (secondary N) is 1. The van der Waals surface area contributed by atoms with Crippen molar-refractivity contribution in [2.45, 2.75) is 38.7 Å². The van der Waals surface area contributed by atoms with Gasteiger partial charge in [-0.2, -0.15) is 0 Å². The molecule has 0 aliphatic carbocycles. The van der Waals surface area contributed by atoms with E-state index in [4.69, 9.17) is 9.84 Å². The summed E-state index contributed by atoms with van der Waals surface area (Å²) < 4.78 is 31.4. The molecule has 0 spiro atoms. The van der Waals surface area contributed by atoms with Crippen molar-refractivity contribution < 1.29 is 18.3 Å². The molecule has 0 aromatic rings. The van der Waals surface area contributed by atoms with Gasteiger partial charge in [0.1, 0.15) is 0 Å². The van der Waals surface area contributed by atoms with Crippen molar-refractivity contribution in [2.75, 3.05) is 25.5 Å². The molecule has 0 radical (unpaired) electrons. The normalized spacial score (nSPS) is 25.3. The number of aliphatic hydroxyl groups is 1. The molecule has 6 heteroatoms. The molecule has 0 amide bonds. The van der Waals surface area contributed by atoms with Crippen LogP contribution in [0.5, 0.6) is 0 Å². The van der Waals surface area contributed by atoms with Gasteiger partial charge in [0, 0.05) is 25.7 Å². The minimum Gasteiger partial charge on any atom is -0.396 e. The van der Waals surface area contributed by atoms with Gasteiger partial charge in [-0.1, -0.05) is 6.92 Å². The van der Waals surface area contributed by atoms with Gasteiger partial charge in [0.05, 0.1) is 11.9 Å². The highest BCUT2D eigenvalue weighted by atomic mass is 32.2. The third-order valence-corrected chi connectivity index (χ3v) is 4.57. The van der Waals surface area contributed by atoms with E-state index in [1.165, 1.54) is 0 Å². The molecule has 2 atom stereocenters. The highest BCUT2D eigenvalue weighted by Crippen LogP contribution is 2.22. The lowest BCUT2D eigenvalue weighted by molar-refractivity contribution is 0.0884. The molecular formula is C11H23NO4S. The van der Waals surface area contributed by atoms with Gasteiger partial charge < -0.3 is 9.84 Å². The summed E-state index contributed by atoms with van der Waals surface area (Å²) in [5.74, 6) is 0.394. The summed E-state index contributed by atoms with van der Waals surface area (Å²) in [6.45, 7) is 3.30. The Morgan fingerprint density at radius 3 is 2.82 bits per heavy atom. The zero-order chi connectivity index (χ0) is 12.7. The molecule has 0 saturated carbocycles. The molecule has 0 aromatic heterocycles. The number of hydrogen-bond acceptors (Lipinski definition) is 4. The standard InChI is InChI=1S/C11H23NO4S/c1-2-11-10(5-7-16-11)9-12-17(14,15)8-4-3-6-13/h10-13H,2-9H2,1H3. The van der Waals surface area contributed by atoms with Crippen molar-refractivity contribution in [3.05, 3.63) is 0 Å². The Kier molecular flexibility index (Phi) is 6.40. The molecule has 1 saturated heterocycles. The fourth-order valence-electron chi connectivity index (χ4n) is 2.09. The summed E-state index contributed by atoms with van der Waals surface area (Å²) in [5.41, 5.74) is 0. The quantitative estimate of drug-likeness (QED) is 0.626. The second kappa shape index (κ2) is 7.31. The fourth-order valence-corrected chi connectivity index (χ4v) is 3.28. The van der Waals surface area contributed by atoms with Gasteiger partial charge in [0.25, 0.3) is 0 Å². The van der Waals surface area contributed by atoms with Crippen LogP contribution in [0, 0.1) is 5.92 Å². The van der Waals surface area contributed by atoms with Crippen LogP contribution in [0.1, 0.15) is 32.6 Å². The smallest absolute Gasteiger partial charge is 0.211 e. The first kappa shape index (κ1) is 14.9. The Morgan fingerprint density at radius 2 is 2.18 bits per heavy atom. The summed E-state index contributed by atoms with van der Waals surface area (Å²) in [6, 6.07) is 0. The van der Waals surface area contributed by atoms with Crippen molar-refractivity contribution in [3.63, 3.8) is 0 Å². The average Bonchev–Trinajstić information content (AvgIpc) is 2.74. The summed E-state index contributed by atoms with van der Waals surface area (Å²) >= 11 is 0. The van der Waals surface area contributed by atoms with Crippen molar-refractivity contribution in [1.82, 2.24) is 4.72 Å². The van der Waals surface area contributed by atoms with E-state index in [-0.39, 0.29) is 18.5 Å². The van der Waals surface area contributed by atoms with Crippen LogP contribution in [0.4, 0.5) is 0 Å². The van der Waals surface area contributed by atoms with E-state index in [2.05, 4.69) is 11.6 Å². The van der Waals surface area contributed by atoms with Crippen LogP contribution < -0.4 is 4.72 Å². The summed E-state index contributed by atoms with van der Waals surface area (Å²) in [6.07, 6.45) is 3.08. The van der Waals surface area contributed by atoms with Gasteiger partial charge in [0.2, 0.25) is 10.0 Å². The molecule has 2 unspecified atom stereocenters. The first-order valence-corrected chi connectivity index (χ1v) is 7.94. The van der Waals surface area contributed by atoms with Crippen molar-refractivity contribution in [2.24, 2.45) is 5.92 Å². The Labute approximate surface area is 104 Å². The second-order valence-electron chi connectivity index (χ2n) is 4.46. The predicted octanol–water partition coefficient (Wildman–Crippen LogP) is 0.493. The summed E-state index contributed by atoms with van der Waals surface area (Å²) in [7, 11) is -3.19. The lowest BCUT2D eigenvalue weighted by Gasteiger charge is -2.17. The van der Waals surface area contributed by atoms with E-state index in [9.17, 15) is 8.42 Å². The molecule has 1 fully saturated rings. The zero-order valence-electron chi connectivity index (χ0n) is 10.4. The number of ether oxygens (including phenoxy) is 1. The van der Waals surface area contributed by atoms with Crippen LogP contribution in [-0.4, -0.2) is 45.1 Å². The Balaban J connectivity index is 2.28. The maximum Gasteiger partial charge on any atom is 0.211 e. The van der Waals surface area contributed by atoms with Gasteiger partial charge >= 0.3 is 0 Å². The molecule has 0 bridgehead atoms. The first-order valence-electron chi connectivity index (χ1n) is 6.29. The van der Waals surface area contributed by atoms with Crippen molar-refractivity contribution in [1.29, 1.82) is 0 Å². The summed E-state index contributed by atoms with van der Waals surface area (Å²) in [4.78, 5) is 0. The van der Waals surface area contributed by atoms with Crippen molar-refractivity contribution in [3.8, 4) is 0 Å². The Bertz CT molecular complexity index is 305. The third-order valence-electron chi connectivity index (χ3n) is 3.14. The Morgan fingerprint density at radius 1 is 1.41 bits per heavy atom. The lowest BCUT2D eigenvalue weighted by Crippen LogP contribution is -2.34. The van der Waals surface area contributed by atoms with Crippen LogP contribution in [0.15, 0.2) is 0 Å². The molecule has 17 heavy (non-hydrogen) atoms. The number of aliphatic hydroxyl groups excluding tert-OH is 1. The van der Waals surface area contributed by atoms with E-state index in [1.54, 1.807) is 0 Å². The SMILES string of the molecule is CCC1OCCC1CNS(=O)(=O)CCCCO. The maximum absolute atomic E-state index is 11.6. The zero-order valence-corrected chi connectivity index (χ0v) is 11.2. The molecule has 1 heterocycles. The largest absolute Gasteiger partial charge is 0.396 e. The number of rotatable bonds is 8. The van der Waals surface area contributed by atoms with Gasteiger partial charge in [-0.25, -0.2) is 13.1 Å². The fraction of sp³-hybridized carbons (Fsp3) is 1.00. The molecule has 5 nitrogen and oxygen atoms in total. The van der Waals surface area contributed by atoms with E-state index in [0.29, 0.717) is 25.3 Å². The maximum atomic E-state index is 11.6. The lowest BCUT2D eigenvalue weighted by atomic mass is 10.0. The monoisotopic (exact) mass is 265 g/mol. The van der Waals surface area contributed by atoms with E-state index >= 15 is 0 Å². The van der Waals surface area contributed by atoms with Crippen LogP contribution in [-0.2, 0) is 14.8 Å². The van der Waals surface area contributed by atoms with Crippen LogP contribution in [0.25, 0.3) is 0 Å². The number of hydrogen-bond donors (Lipinski definition) is 2. The average molecular weight is 265 g/mol. The molecule has 2 N–H and O–H groups in total. The minimum atomic E-state index is -3.19. The molecular weight excluding hydrogens is 242 g/mol. The van der Waals surface area contributed by atoms with Crippen LogP contribution in [0.3, 0.4) is 0 Å². The Hall–Kier alpha value is -0.170. The number of unbranched alkanes of at least 4 members (excludes halogenated alkanes) is 1. The highest BCUT2D eigenvalue weighted by Gasteiger charge is 2.27. The predicted molar refractivity (Wildman–Crippen MR) is 66.2 cm³/mol. The molecule has 102 valence electrons. The van der Waals surface area contributed by atoms with Gasteiger partial charge in [0.15, 0.2) is 0 Å². The van der Waals surface area contributed by atoms with Gasteiger partial charge in [-0.3, -0.25) is 0 Å². The third kappa shape index (κ3) is 5.33. The second-order valence-corrected chi connectivity index (χ2v) is 6.39. The molecule has 1 rings (SSSR count). The van der Waals surface area contributed by atoms with Crippen LogP contribution in [0.2, 0.25) is 0 Å². The topological polar surface area (TPSA) is 75.6 Å². The molecule has 1 aliphatic heterocycles. The van der Waals surface area contributed by atoms with Gasteiger partial charge in [-0.15, -0.1) is 0 Å². The highest BCUT2D eigenvalue weighted by molar-refractivity contribution is 7.89. The summed E-state index contributed by atoms with van der Waals surface area (Å²) in [5, 5.41) is 8.60. The number of sulfonamides is 1. The van der Waals surface area contributed by atoms with Crippen LogP contribution >= 0.6 is 0 Å². The molecule has 0 aromatic carbocycles. The van der Waals surface area contributed by atoms with E-state index < -0.39 is 10.0 Å². The minimum absolute atomic E-state index is 0.0455. The van der Waals surface area contributed by atoms with E-state index in [0.717, 1.165) is 19.4 Å². The van der Waals surface area contributed by atoms with E-state index in [1.807, 2.05) is 0 Å². The van der Waals surface area contributed by atoms with Crippen molar-refractivity contribution >= 4 is 10.0 Å².